The van der Waals surface area contributed by atoms with Crippen molar-refractivity contribution >= 4 is 0 Å². The van der Waals surface area contributed by atoms with Crippen molar-refractivity contribution in [2.24, 2.45) is 5.92 Å². The van der Waals surface area contributed by atoms with Crippen LogP contribution in [0.15, 0.2) is 60.7 Å². The Morgan fingerprint density at radius 1 is 1.00 bits per heavy atom. The van der Waals surface area contributed by atoms with Gasteiger partial charge in [0.15, 0.2) is 0 Å². The van der Waals surface area contributed by atoms with Gasteiger partial charge in [-0.1, -0.05) is 60.7 Å². The fourth-order valence-corrected chi connectivity index (χ4v) is 3.38. The van der Waals surface area contributed by atoms with Crippen molar-refractivity contribution in [2.75, 3.05) is 26.2 Å². The van der Waals surface area contributed by atoms with Crippen LogP contribution in [0.3, 0.4) is 0 Å². The number of hydrogen-bond donors (Lipinski definition) is 1. The highest BCUT2D eigenvalue weighted by molar-refractivity contribution is 5.15. The molecule has 3 heteroatoms. The largest absolute Gasteiger partial charge is 0.391 e. The van der Waals surface area contributed by atoms with Gasteiger partial charge in [0.25, 0.3) is 0 Å². The number of hydrogen-bond acceptors (Lipinski definition) is 3. The van der Waals surface area contributed by atoms with Crippen LogP contribution in [-0.2, 0) is 17.8 Å². The molecule has 24 heavy (non-hydrogen) atoms. The zero-order chi connectivity index (χ0) is 16.6. The van der Waals surface area contributed by atoms with Crippen molar-refractivity contribution in [1.29, 1.82) is 0 Å². The molecular formula is C21H27NO2. The minimum absolute atomic E-state index is 0.295. The van der Waals surface area contributed by atoms with Crippen LogP contribution in [0.1, 0.15) is 17.5 Å². The standard InChI is InChI=1S/C21H27NO2/c23-21(13-18-7-3-1-4-8-18)15-22-12-11-20(14-22)17-24-16-19-9-5-2-6-10-19/h1-10,20-21,23H,11-17H2. The Morgan fingerprint density at radius 2 is 1.67 bits per heavy atom. The van der Waals surface area contributed by atoms with E-state index in [0.717, 1.165) is 39.1 Å². The molecule has 0 aliphatic carbocycles. The second kappa shape index (κ2) is 8.97. The van der Waals surface area contributed by atoms with Gasteiger partial charge in [0, 0.05) is 13.1 Å². The number of benzene rings is 2. The Balaban J connectivity index is 1.34. The summed E-state index contributed by atoms with van der Waals surface area (Å²) in [6, 6.07) is 20.5. The number of aliphatic hydroxyl groups is 1. The molecule has 0 amide bonds. The Hall–Kier alpha value is -1.68. The van der Waals surface area contributed by atoms with E-state index in [1.165, 1.54) is 11.1 Å². The highest BCUT2D eigenvalue weighted by Gasteiger charge is 2.24. The first-order valence-electron chi connectivity index (χ1n) is 8.85. The first-order chi connectivity index (χ1) is 11.8. The molecular weight excluding hydrogens is 298 g/mol. The van der Waals surface area contributed by atoms with Crippen LogP contribution in [0.5, 0.6) is 0 Å². The van der Waals surface area contributed by atoms with E-state index in [2.05, 4.69) is 29.2 Å². The predicted octanol–water partition coefficient (Wildman–Crippen LogP) is 3.13. The van der Waals surface area contributed by atoms with E-state index in [1.54, 1.807) is 0 Å². The van der Waals surface area contributed by atoms with Crippen LogP contribution in [0.25, 0.3) is 0 Å². The van der Waals surface area contributed by atoms with Gasteiger partial charge in [0.2, 0.25) is 0 Å². The lowest BCUT2D eigenvalue weighted by atomic mass is 10.1. The van der Waals surface area contributed by atoms with E-state index in [9.17, 15) is 5.11 Å². The van der Waals surface area contributed by atoms with E-state index < -0.39 is 0 Å². The summed E-state index contributed by atoms with van der Waals surface area (Å²) in [5.74, 6) is 0.581. The molecule has 2 unspecified atom stereocenters. The summed E-state index contributed by atoms with van der Waals surface area (Å²) >= 11 is 0. The minimum Gasteiger partial charge on any atom is -0.391 e. The van der Waals surface area contributed by atoms with Gasteiger partial charge in [-0.25, -0.2) is 0 Å². The molecule has 1 saturated heterocycles. The van der Waals surface area contributed by atoms with Gasteiger partial charge >= 0.3 is 0 Å². The van der Waals surface area contributed by atoms with Crippen molar-refractivity contribution in [2.45, 2.75) is 25.6 Å². The normalized spacial score (nSPS) is 19.5. The topological polar surface area (TPSA) is 32.7 Å². The van der Waals surface area contributed by atoms with Crippen molar-refractivity contribution < 1.29 is 9.84 Å². The summed E-state index contributed by atoms with van der Waals surface area (Å²) in [5.41, 5.74) is 2.43. The number of likely N-dealkylation sites (tertiary alicyclic amines) is 1. The predicted molar refractivity (Wildman–Crippen MR) is 96.8 cm³/mol. The van der Waals surface area contributed by atoms with Crippen molar-refractivity contribution in [3.63, 3.8) is 0 Å². The monoisotopic (exact) mass is 325 g/mol. The van der Waals surface area contributed by atoms with Crippen LogP contribution in [0.4, 0.5) is 0 Å². The Morgan fingerprint density at radius 3 is 2.38 bits per heavy atom. The fourth-order valence-electron chi connectivity index (χ4n) is 3.38. The molecule has 1 heterocycles. The lowest BCUT2D eigenvalue weighted by Gasteiger charge is -2.20. The molecule has 1 fully saturated rings. The second-order valence-electron chi connectivity index (χ2n) is 6.76. The summed E-state index contributed by atoms with van der Waals surface area (Å²) in [7, 11) is 0. The summed E-state index contributed by atoms with van der Waals surface area (Å²) in [5, 5.41) is 10.3. The summed E-state index contributed by atoms with van der Waals surface area (Å²) < 4.78 is 5.86. The first-order valence-corrected chi connectivity index (χ1v) is 8.85. The third-order valence-electron chi connectivity index (χ3n) is 4.62. The molecule has 1 aliphatic heterocycles. The minimum atomic E-state index is -0.295. The molecule has 3 nitrogen and oxygen atoms in total. The van der Waals surface area contributed by atoms with E-state index >= 15 is 0 Å². The molecule has 2 atom stereocenters. The van der Waals surface area contributed by atoms with Gasteiger partial charge in [-0.3, -0.25) is 0 Å². The lowest BCUT2D eigenvalue weighted by molar-refractivity contribution is 0.0831. The molecule has 1 N–H and O–H groups in total. The number of ether oxygens (including phenoxy) is 1. The van der Waals surface area contributed by atoms with E-state index in [1.807, 2.05) is 36.4 Å². The third-order valence-corrected chi connectivity index (χ3v) is 4.62. The average molecular weight is 325 g/mol. The fraction of sp³-hybridized carbons (Fsp3) is 0.429. The first kappa shape index (κ1) is 17.2. The van der Waals surface area contributed by atoms with E-state index in [0.29, 0.717) is 12.5 Å². The van der Waals surface area contributed by atoms with Crippen LogP contribution in [0.2, 0.25) is 0 Å². The van der Waals surface area contributed by atoms with Crippen molar-refractivity contribution in [3.8, 4) is 0 Å². The highest BCUT2D eigenvalue weighted by Crippen LogP contribution is 2.18. The molecule has 0 saturated carbocycles. The molecule has 2 aromatic carbocycles. The molecule has 0 aromatic heterocycles. The van der Waals surface area contributed by atoms with Crippen LogP contribution in [0, 0.1) is 5.92 Å². The van der Waals surface area contributed by atoms with Crippen molar-refractivity contribution in [3.05, 3.63) is 71.8 Å². The van der Waals surface area contributed by atoms with Crippen LogP contribution >= 0.6 is 0 Å². The number of nitrogens with zero attached hydrogens (tertiary/aromatic N) is 1. The van der Waals surface area contributed by atoms with Gasteiger partial charge in [-0.05, 0) is 36.4 Å². The highest BCUT2D eigenvalue weighted by atomic mass is 16.5. The second-order valence-corrected chi connectivity index (χ2v) is 6.76. The van der Waals surface area contributed by atoms with Gasteiger partial charge in [0.05, 0.1) is 19.3 Å². The van der Waals surface area contributed by atoms with Crippen molar-refractivity contribution in [1.82, 2.24) is 4.90 Å². The molecule has 0 spiro atoms. The summed E-state index contributed by atoms with van der Waals surface area (Å²) in [6.07, 6.45) is 1.59. The third kappa shape index (κ3) is 5.45. The maximum Gasteiger partial charge on any atom is 0.0717 e. The summed E-state index contributed by atoms with van der Waals surface area (Å²) in [4.78, 5) is 2.37. The zero-order valence-electron chi connectivity index (χ0n) is 14.2. The Kier molecular flexibility index (Phi) is 6.41. The van der Waals surface area contributed by atoms with Gasteiger partial charge in [-0.2, -0.15) is 0 Å². The maximum absolute atomic E-state index is 10.3. The van der Waals surface area contributed by atoms with Gasteiger partial charge in [0.1, 0.15) is 0 Å². The quantitative estimate of drug-likeness (QED) is 0.809. The van der Waals surface area contributed by atoms with E-state index in [4.69, 9.17) is 4.74 Å². The molecule has 3 rings (SSSR count). The van der Waals surface area contributed by atoms with Gasteiger partial charge < -0.3 is 14.7 Å². The SMILES string of the molecule is OC(Cc1ccccc1)CN1CCC(COCc2ccccc2)C1. The molecule has 1 aliphatic rings. The molecule has 128 valence electrons. The molecule has 2 aromatic rings. The van der Waals surface area contributed by atoms with Gasteiger partial charge in [-0.15, -0.1) is 0 Å². The number of β-amino-alcohol motifs (C(OH)–C–C–N with tert-alkyl or cyclic N) is 1. The average Bonchev–Trinajstić information content (AvgIpc) is 3.04. The molecule has 0 bridgehead atoms. The smallest absolute Gasteiger partial charge is 0.0717 e. The van der Waals surface area contributed by atoms with E-state index in [-0.39, 0.29) is 6.10 Å². The van der Waals surface area contributed by atoms with Crippen LogP contribution in [-0.4, -0.2) is 42.4 Å². The van der Waals surface area contributed by atoms with Crippen LogP contribution < -0.4 is 0 Å². The zero-order valence-corrected chi connectivity index (χ0v) is 14.2. The lowest BCUT2D eigenvalue weighted by Crippen LogP contribution is -2.32. The molecule has 0 radical (unpaired) electrons. The number of rotatable bonds is 8. The maximum atomic E-state index is 10.3. The Bertz CT molecular complexity index is 587. The Labute approximate surface area is 144 Å². The number of aliphatic hydroxyl groups excluding tert-OH is 1. The summed E-state index contributed by atoms with van der Waals surface area (Å²) in [6.45, 7) is 4.34.